The molecule has 0 saturated carbocycles. The molecule has 2 heterocycles. The minimum Gasteiger partial charge on any atom is -0.405 e. The molecule has 0 aliphatic carbocycles. The zero-order valence-corrected chi connectivity index (χ0v) is 16.7. The van der Waals surface area contributed by atoms with Crippen LogP contribution >= 0.6 is 0 Å². The van der Waals surface area contributed by atoms with Gasteiger partial charge in [0.25, 0.3) is 0 Å². The summed E-state index contributed by atoms with van der Waals surface area (Å²) >= 11 is 0. The second-order valence-corrected chi connectivity index (χ2v) is 6.83. The number of H-pyrrole nitrogens is 1. The number of rotatable bonds is 8. The molecule has 0 saturated heterocycles. The minimum atomic E-state index is -4.88. The number of aliphatic imine (C=N–C) groups is 1. The van der Waals surface area contributed by atoms with Crippen LogP contribution in [0.3, 0.4) is 0 Å². The fourth-order valence-corrected chi connectivity index (χ4v) is 3.01. The molecule has 166 valence electrons. The van der Waals surface area contributed by atoms with Crippen LogP contribution in [-0.4, -0.2) is 39.9 Å². The molecule has 3 rings (SSSR count). The number of halogens is 3. The third-order valence-corrected chi connectivity index (χ3v) is 4.32. The predicted molar refractivity (Wildman–Crippen MR) is 110 cm³/mol. The zero-order chi connectivity index (χ0) is 22.6. The Kier molecular flexibility index (Phi) is 6.49. The molecule has 1 aromatic carbocycles. The number of alkyl halides is 3. The maximum atomic E-state index is 12.9. The van der Waals surface area contributed by atoms with Gasteiger partial charge in [-0.1, -0.05) is 6.07 Å². The highest BCUT2D eigenvalue weighted by Gasteiger charge is 2.32. The van der Waals surface area contributed by atoms with Gasteiger partial charge in [-0.05, 0) is 32.0 Å². The van der Waals surface area contributed by atoms with E-state index in [1.807, 2.05) is 6.92 Å². The van der Waals surface area contributed by atoms with Crippen LogP contribution in [0.5, 0.6) is 5.75 Å². The van der Waals surface area contributed by atoms with Crippen molar-refractivity contribution in [3.05, 3.63) is 52.2 Å². The van der Waals surface area contributed by atoms with Gasteiger partial charge < -0.3 is 26.5 Å². The van der Waals surface area contributed by atoms with Gasteiger partial charge in [-0.15, -0.1) is 13.2 Å². The Bertz CT molecular complexity index is 1150. The number of nitrogens with one attached hydrogen (secondary N) is 2. The van der Waals surface area contributed by atoms with Crippen LogP contribution in [0.1, 0.15) is 17.7 Å². The van der Waals surface area contributed by atoms with E-state index in [4.69, 9.17) is 11.5 Å². The van der Waals surface area contributed by atoms with E-state index in [0.29, 0.717) is 30.5 Å². The molecule has 0 amide bonds. The number of aromatic amines is 1. The van der Waals surface area contributed by atoms with Crippen molar-refractivity contribution in [3.63, 3.8) is 0 Å². The molecule has 9 nitrogen and oxygen atoms in total. The van der Waals surface area contributed by atoms with Crippen molar-refractivity contribution in [3.8, 4) is 11.4 Å². The summed E-state index contributed by atoms with van der Waals surface area (Å²) in [6.45, 7) is 2.82. The zero-order valence-electron chi connectivity index (χ0n) is 16.7. The van der Waals surface area contributed by atoms with E-state index in [1.54, 1.807) is 6.07 Å². The molecule has 0 atom stereocenters. The number of guanidine groups is 1. The summed E-state index contributed by atoms with van der Waals surface area (Å²) in [5.74, 6) is -0.423. The second kappa shape index (κ2) is 9.08. The van der Waals surface area contributed by atoms with Crippen LogP contribution in [0.15, 0.2) is 40.2 Å². The Labute approximate surface area is 174 Å². The lowest BCUT2D eigenvalue weighted by atomic mass is 10.1. The van der Waals surface area contributed by atoms with Gasteiger partial charge in [-0.25, -0.2) is 4.79 Å². The Morgan fingerprint density at radius 1 is 1.32 bits per heavy atom. The van der Waals surface area contributed by atoms with Gasteiger partial charge >= 0.3 is 12.1 Å². The molecular formula is C19H22F3N7O2. The Morgan fingerprint density at radius 2 is 2.10 bits per heavy atom. The summed E-state index contributed by atoms with van der Waals surface area (Å²) in [5.41, 5.74) is 11.5. The topological polar surface area (TPSA) is 136 Å². The van der Waals surface area contributed by atoms with E-state index < -0.39 is 17.8 Å². The number of aromatic nitrogens is 3. The Hall–Kier alpha value is -3.54. The molecule has 0 radical (unpaired) electrons. The molecular weight excluding hydrogens is 415 g/mol. The quantitative estimate of drug-likeness (QED) is 0.240. The van der Waals surface area contributed by atoms with E-state index in [9.17, 15) is 18.0 Å². The van der Waals surface area contributed by atoms with Crippen LogP contribution in [0, 0.1) is 6.92 Å². The van der Waals surface area contributed by atoms with Crippen molar-refractivity contribution in [2.24, 2.45) is 16.5 Å². The molecule has 12 heteroatoms. The number of hydrogen-bond acceptors (Lipinski definition) is 5. The molecule has 31 heavy (non-hydrogen) atoms. The highest BCUT2D eigenvalue weighted by molar-refractivity contribution is 5.76. The van der Waals surface area contributed by atoms with Crippen LogP contribution in [0.2, 0.25) is 0 Å². The summed E-state index contributed by atoms with van der Waals surface area (Å²) in [7, 11) is 0. The lowest BCUT2D eigenvalue weighted by Gasteiger charge is -2.16. The molecule has 0 aliphatic heterocycles. The SMILES string of the molecule is Cc1cc2cn(-c3ccc(CNCCCN=C(N)N)c(OC(F)(F)F)c3)c(=O)nc2[nH]1. The third-order valence-electron chi connectivity index (χ3n) is 4.32. The van der Waals surface area contributed by atoms with Crippen LogP contribution < -0.4 is 27.2 Å². The highest BCUT2D eigenvalue weighted by Crippen LogP contribution is 2.29. The molecule has 3 aromatic rings. The van der Waals surface area contributed by atoms with E-state index in [2.05, 4.69) is 25.0 Å². The maximum absolute atomic E-state index is 12.9. The summed E-state index contributed by atoms with van der Waals surface area (Å²) in [5, 5.41) is 3.67. The number of ether oxygens (including phenoxy) is 1. The molecule has 6 N–H and O–H groups in total. The van der Waals surface area contributed by atoms with Crippen molar-refractivity contribution in [1.82, 2.24) is 19.9 Å². The summed E-state index contributed by atoms with van der Waals surface area (Å²) in [6, 6.07) is 5.96. The van der Waals surface area contributed by atoms with Gasteiger partial charge in [-0.2, -0.15) is 4.98 Å². The summed E-state index contributed by atoms with van der Waals surface area (Å²) in [4.78, 5) is 23.1. The van der Waals surface area contributed by atoms with E-state index >= 15 is 0 Å². The molecule has 0 unspecified atom stereocenters. The van der Waals surface area contributed by atoms with Crippen LogP contribution in [0.25, 0.3) is 16.7 Å². The normalized spacial score (nSPS) is 11.6. The number of fused-ring (bicyclic) bond motifs is 1. The van der Waals surface area contributed by atoms with Crippen molar-refractivity contribution in [1.29, 1.82) is 0 Å². The first-order valence-corrected chi connectivity index (χ1v) is 9.36. The molecule has 0 spiro atoms. The first-order valence-electron chi connectivity index (χ1n) is 9.36. The van der Waals surface area contributed by atoms with Crippen molar-refractivity contribution < 1.29 is 17.9 Å². The van der Waals surface area contributed by atoms with E-state index in [0.717, 1.165) is 5.69 Å². The largest absolute Gasteiger partial charge is 0.573 e. The van der Waals surface area contributed by atoms with E-state index in [1.165, 1.54) is 29.0 Å². The summed E-state index contributed by atoms with van der Waals surface area (Å²) in [6.07, 6.45) is -2.77. The molecule has 2 aromatic heterocycles. The minimum absolute atomic E-state index is 0.0193. The number of nitrogens with zero attached hydrogens (tertiary/aromatic N) is 3. The molecule has 0 bridgehead atoms. The third kappa shape index (κ3) is 5.98. The lowest BCUT2D eigenvalue weighted by molar-refractivity contribution is -0.274. The standard InChI is InChI=1S/C19H22F3N7O2/c1-11-7-13-10-29(18(30)28-16(13)27-11)14-4-3-12(15(8-14)31-19(20,21)22)9-25-5-2-6-26-17(23)24/h3-4,7-8,10,25H,2,5-6,9H2,1H3,(H4,23,24,26)(H,27,28,30). The fourth-order valence-electron chi connectivity index (χ4n) is 3.01. The van der Waals surface area contributed by atoms with Gasteiger partial charge in [0.15, 0.2) is 5.96 Å². The second-order valence-electron chi connectivity index (χ2n) is 6.83. The van der Waals surface area contributed by atoms with Crippen molar-refractivity contribution >= 4 is 17.0 Å². The lowest BCUT2D eigenvalue weighted by Crippen LogP contribution is -2.24. The van der Waals surface area contributed by atoms with Gasteiger partial charge in [0.2, 0.25) is 0 Å². The fraction of sp³-hybridized carbons (Fsp3) is 0.316. The highest BCUT2D eigenvalue weighted by atomic mass is 19.4. The monoisotopic (exact) mass is 437 g/mol. The predicted octanol–water partition coefficient (Wildman–Crippen LogP) is 1.67. The van der Waals surface area contributed by atoms with Crippen molar-refractivity contribution in [2.75, 3.05) is 13.1 Å². The smallest absolute Gasteiger partial charge is 0.405 e. The van der Waals surface area contributed by atoms with Gasteiger partial charge in [0, 0.05) is 42.0 Å². The number of nitrogens with two attached hydrogens (primary N) is 2. The van der Waals surface area contributed by atoms with Crippen LogP contribution in [0.4, 0.5) is 13.2 Å². The maximum Gasteiger partial charge on any atom is 0.573 e. The Morgan fingerprint density at radius 3 is 2.81 bits per heavy atom. The Balaban J connectivity index is 1.85. The molecule has 0 fully saturated rings. The van der Waals surface area contributed by atoms with Gasteiger partial charge in [0.1, 0.15) is 11.4 Å². The number of hydrogen-bond donors (Lipinski definition) is 4. The average Bonchev–Trinajstić information content (AvgIpc) is 3.02. The summed E-state index contributed by atoms with van der Waals surface area (Å²) < 4.78 is 44.2. The van der Waals surface area contributed by atoms with Gasteiger partial charge in [0.05, 0.1) is 5.69 Å². The van der Waals surface area contributed by atoms with Crippen LogP contribution in [-0.2, 0) is 6.54 Å². The van der Waals surface area contributed by atoms with Crippen molar-refractivity contribution in [2.45, 2.75) is 26.3 Å². The number of aryl methyl sites for hydroxylation is 1. The average molecular weight is 437 g/mol. The van der Waals surface area contributed by atoms with E-state index in [-0.39, 0.29) is 23.8 Å². The van der Waals surface area contributed by atoms with Gasteiger partial charge in [-0.3, -0.25) is 9.56 Å². The number of benzene rings is 1. The molecule has 0 aliphatic rings. The first-order chi connectivity index (χ1) is 14.6. The first kappa shape index (κ1) is 22.2.